The SMILES string of the molecule is CCn1[nH]c(=O)c2c(N)cccc2c1=O. The Hall–Kier alpha value is -2.04. The molecule has 5 heteroatoms. The quantitative estimate of drug-likeness (QED) is 0.656. The summed E-state index contributed by atoms with van der Waals surface area (Å²) in [5.41, 5.74) is 5.43. The molecule has 0 aliphatic carbocycles. The van der Waals surface area contributed by atoms with Gasteiger partial charge in [-0.2, -0.15) is 0 Å². The number of nitrogens with one attached hydrogen (secondary N) is 1. The molecular weight excluding hydrogens is 194 g/mol. The summed E-state index contributed by atoms with van der Waals surface area (Å²) in [6, 6.07) is 4.88. The number of anilines is 1. The van der Waals surface area contributed by atoms with Crippen LogP contribution in [-0.2, 0) is 6.54 Å². The normalized spacial score (nSPS) is 10.7. The average molecular weight is 205 g/mol. The fourth-order valence-electron chi connectivity index (χ4n) is 1.60. The third-order valence-corrected chi connectivity index (χ3v) is 2.35. The summed E-state index contributed by atoms with van der Waals surface area (Å²) in [5, 5.41) is 3.11. The zero-order chi connectivity index (χ0) is 11.0. The first kappa shape index (κ1) is 9.51. The molecule has 0 saturated carbocycles. The van der Waals surface area contributed by atoms with E-state index in [-0.39, 0.29) is 16.5 Å². The number of aromatic amines is 1. The van der Waals surface area contributed by atoms with E-state index in [9.17, 15) is 9.59 Å². The summed E-state index contributed by atoms with van der Waals surface area (Å²) in [6.45, 7) is 2.22. The second-order valence-electron chi connectivity index (χ2n) is 3.26. The predicted octanol–water partition coefficient (Wildman–Crippen LogP) is 0.292. The molecule has 0 amide bonds. The zero-order valence-electron chi connectivity index (χ0n) is 8.28. The summed E-state index contributed by atoms with van der Waals surface area (Å²) < 4.78 is 1.27. The number of hydrogen-bond acceptors (Lipinski definition) is 3. The highest BCUT2D eigenvalue weighted by Crippen LogP contribution is 2.12. The van der Waals surface area contributed by atoms with Gasteiger partial charge in [0.2, 0.25) is 0 Å². The van der Waals surface area contributed by atoms with E-state index in [1.807, 2.05) is 0 Å². The summed E-state index contributed by atoms with van der Waals surface area (Å²) in [6.07, 6.45) is 0. The molecule has 0 aliphatic heterocycles. The molecule has 0 bridgehead atoms. The number of rotatable bonds is 1. The van der Waals surface area contributed by atoms with Crippen molar-refractivity contribution in [2.75, 3.05) is 5.73 Å². The molecular formula is C10H11N3O2. The van der Waals surface area contributed by atoms with Gasteiger partial charge >= 0.3 is 0 Å². The lowest BCUT2D eigenvalue weighted by atomic mass is 10.1. The largest absolute Gasteiger partial charge is 0.398 e. The molecule has 0 saturated heterocycles. The van der Waals surface area contributed by atoms with Crippen LogP contribution in [0.4, 0.5) is 5.69 Å². The first-order valence-corrected chi connectivity index (χ1v) is 4.66. The number of fused-ring (bicyclic) bond motifs is 1. The highest BCUT2D eigenvalue weighted by atomic mass is 16.2. The van der Waals surface area contributed by atoms with Crippen molar-refractivity contribution in [3.63, 3.8) is 0 Å². The van der Waals surface area contributed by atoms with Gasteiger partial charge < -0.3 is 5.73 Å². The molecule has 5 nitrogen and oxygen atoms in total. The number of H-pyrrole nitrogens is 1. The van der Waals surface area contributed by atoms with Crippen LogP contribution in [0.3, 0.4) is 0 Å². The summed E-state index contributed by atoms with van der Waals surface area (Å²) in [5.74, 6) is 0. The summed E-state index contributed by atoms with van der Waals surface area (Å²) >= 11 is 0. The van der Waals surface area contributed by atoms with Gasteiger partial charge in [-0.15, -0.1) is 0 Å². The van der Waals surface area contributed by atoms with Crippen molar-refractivity contribution in [3.8, 4) is 0 Å². The molecule has 1 aromatic heterocycles. The van der Waals surface area contributed by atoms with Gasteiger partial charge in [-0.25, -0.2) is 4.68 Å². The third kappa shape index (κ3) is 1.32. The second-order valence-corrected chi connectivity index (χ2v) is 3.26. The van der Waals surface area contributed by atoms with Crippen molar-refractivity contribution < 1.29 is 0 Å². The van der Waals surface area contributed by atoms with E-state index in [0.717, 1.165) is 0 Å². The summed E-state index contributed by atoms with van der Waals surface area (Å²) in [7, 11) is 0. The lowest BCUT2D eigenvalue weighted by molar-refractivity contribution is 0.614. The minimum atomic E-state index is -0.329. The van der Waals surface area contributed by atoms with Gasteiger partial charge in [-0.05, 0) is 19.1 Å². The van der Waals surface area contributed by atoms with Crippen LogP contribution in [-0.4, -0.2) is 9.78 Å². The number of nitrogens with zero attached hydrogens (tertiary/aromatic N) is 1. The monoisotopic (exact) mass is 205 g/mol. The number of benzene rings is 1. The van der Waals surface area contributed by atoms with Crippen LogP contribution in [0, 0.1) is 0 Å². The molecule has 3 N–H and O–H groups in total. The van der Waals surface area contributed by atoms with Crippen molar-refractivity contribution in [3.05, 3.63) is 38.9 Å². The Bertz CT molecular complexity index is 625. The van der Waals surface area contributed by atoms with Crippen molar-refractivity contribution in [1.29, 1.82) is 0 Å². The van der Waals surface area contributed by atoms with E-state index in [0.29, 0.717) is 17.6 Å². The smallest absolute Gasteiger partial charge is 0.273 e. The number of aromatic nitrogens is 2. The maximum Gasteiger partial charge on any atom is 0.273 e. The predicted molar refractivity (Wildman–Crippen MR) is 58.9 cm³/mol. The standard InChI is InChI=1S/C10H11N3O2/c1-2-13-10(15)6-4-3-5-7(11)8(6)9(14)12-13/h3-5H,2,11H2,1H3,(H,12,14). The molecule has 0 fully saturated rings. The molecule has 0 aliphatic rings. The first-order valence-electron chi connectivity index (χ1n) is 4.66. The van der Waals surface area contributed by atoms with Gasteiger partial charge in [0.15, 0.2) is 0 Å². The number of aryl methyl sites for hydroxylation is 1. The maximum atomic E-state index is 11.8. The lowest BCUT2D eigenvalue weighted by Gasteiger charge is -2.04. The highest BCUT2D eigenvalue weighted by Gasteiger charge is 2.07. The lowest BCUT2D eigenvalue weighted by Crippen LogP contribution is -2.29. The van der Waals surface area contributed by atoms with Gasteiger partial charge in [0.25, 0.3) is 11.1 Å². The highest BCUT2D eigenvalue weighted by molar-refractivity contribution is 5.91. The van der Waals surface area contributed by atoms with Crippen molar-refractivity contribution in [1.82, 2.24) is 9.78 Å². The molecule has 78 valence electrons. The van der Waals surface area contributed by atoms with Crippen LogP contribution in [0.1, 0.15) is 6.92 Å². The second kappa shape index (κ2) is 3.27. The Balaban J connectivity index is 3.07. The maximum absolute atomic E-state index is 11.8. The van der Waals surface area contributed by atoms with E-state index in [1.165, 1.54) is 4.68 Å². The summed E-state index contributed by atoms with van der Waals surface area (Å²) in [4.78, 5) is 23.4. The first-order chi connectivity index (χ1) is 7.15. The van der Waals surface area contributed by atoms with Crippen molar-refractivity contribution in [2.45, 2.75) is 13.5 Å². The minimum absolute atomic E-state index is 0.223. The van der Waals surface area contributed by atoms with Gasteiger partial charge in [0.1, 0.15) is 0 Å². The number of nitrogen functional groups attached to an aromatic ring is 1. The molecule has 0 unspecified atom stereocenters. The van der Waals surface area contributed by atoms with Crippen molar-refractivity contribution in [2.24, 2.45) is 0 Å². The van der Waals surface area contributed by atoms with Crippen LogP contribution >= 0.6 is 0 Å². The molecule has 2 rings (SSSR count). The third-order valence-electron chi connectivity index (χ3n) is 2.35. The Kier molecular flexibility index (Phi) is 2.07. The zero-order valence-corrected chi connectivity index (χ0v) is 8.28. The Morgan fingerprint density at radius 1 is 1.40 bits per heavy atom. The van der Waals surface area contributed by atoms with Crippen molar-refractivity contribution >= 4 is 16.5 Å². The Morgan fingerprint density at radius 3 is 2.80 bits per heavy atom. The average Bonchev–Trinajstić information content (AvgIpc) is 2.23. The molecule has 0 atom stereocenters. The van der Waals surface area contributed by atoms with Gasteiger partial charge in [0, 0.05) is 12.2 Å². The Labute approximate surface area is 85.1 Å². The minimum Gasteiger partial charge on any atom is -0.398 e. The van der Waals surface area contributed by atoms with E-state index < -0.39 is 0 Å². The van der Waals surface area contributed by atoms with Gasteiger partial charge in [0.05, 0.1) is 10.8 Å². The molecule has 2 aromatic rings. The van der Waals surface area contributed by atoms with Crippen LogP contribution in [0.15, 0.2) is 27.8 Å². The van der Waals surface area contributed by atoms with E-state index >= 15 is 0 Å². The van der Waals surface area contributed by atoms with E-state index in [1.54, 1.807) is 25.1 Å². The van der Waals surface area contributed by atoms with Crippen LogP contribution in [0.2, 0.25) is 0 Å². The fraction of sp³-hybridized carbons (Fsp3) is 0.200. The van der Waals surface area contributed by atoms with E-state index in [2.05, 4.69) is 5.10 Å². The fourth-order valence-corrected chi connectivity index (χ4v) is 1.60. The molecule has 15 heavy (non-hydrogen) atoms. The van der Waals surface area contributed by atoms with Gasteiger partial charge in [-0.1, -0.05) is 6.07 Å². The van der Waals surface area contributed by atoms with E-state index in [4.69, 9.17) is 5.73 Å². The Morgan fingerprint density at radius 2 is 2.13 bits per heavy atom. The molecule has 0 spiro atoms. The molecule has 1 aromatic carbocycles. The molecule has 0 radical (unpaired) electrons. The van der Waals surface area contributed by atoms with Crippen LogP contribution < -0.4 is 16.9 Å². The van der Waals surface area contributed by atoms with Gasteiger partial charge in [-0.3, -0.25) is 14.7 Å². The number of hydrogen-bond donors (Lipinski definition) is 2. The van der Waals surface area contributed by atoms with Crippen LogP contribution in [0.25, 0.3) is 10.8 Å². The van der Waals surface area contributed by atoms with Crippen LogP contribution in [0.5, 0.6) is 0 Å². The number of nitrogens with two attached hydrogens (primary N) is 1. The molecule has 1 heterocycles. The topological polar surface area (TPSA) is 80.9 Å².